The zero-order valence-corrected chi connectivity index (χ0v) is 23.2. The number of aliphatic imine (C=N–C) groups is 1. The SMILES string of the molecule is CC1(C)CCOc2c(C(=O)NC3CN4C(N)=N[C@@H](CNC(=O)c5ccc(C#N)cn5)[C@@H]5[NH+]=C(N)N[C@@]54[C@@H]3O)cccc21. The number of nitrogens with zero attached hydrogens (tertiary/aromatic N) is 4. The van der Waals surface area contributed by atoms with E-state index in [1.54, 1.807) is 11.0 Å². The Morgan fingerprint density at radius 3 is 2.83 bits per heavy atom. The van der Waals surface area contributed by atoms with E-state index in [2.05, 4.69) is 44.8 Å². The van der Waals surface area contributed by atoms with Gasteiger partial charge in [0.05, 0.1) is 23.8 Å². The lowest BCUT2D eigenvalue weighted by Crippen LogP contribution is -2.88. The number of aliphatic hydroxyl groups excluding tert-OH is 1. The number of carbonyl (C=O) groups is 2. The van der Waals surface area contributed by atoms with E-state index in [9.17, 15) is 14.7 Å². The molecule has 218 valence electrons. The lowest BCUT2D eigenvalue weighted by molar-refractivity contribution is -0.513. The van der Waals surface area contributed by atoms with Crippen LogP contribution >= 0.6 is 0 Å². The van der Waals surface area contributed by atoms with Gasteiger partial charge in [-0.1, -0.05) is 26.0 Å². The highest BCUT2D eigenvalue weighted by Crippen LogP contribution is 2.41. The molecular formula is C28H33N10O4+. The Kier molecular flexibility index (Phi) is 6.42. The third-order valence-electron chi connectivity index (χ3n) is 8.61. The maximum Gasteiger partial charge on any atom is 0.343 e. The summed E-state index contributed by atoms with van der Waals surface area (Å²) in [5.74, 6) is 0.0574. The molecule has 4 aliphatic heterocycles. The Balaban J connectivity index is 1.21. The molecule has 0 saturated carbocycles. The first-order valence-electron chi connectivity index (χ1n) is 13.7. The molecule has 42 heavy (non-hydrogen) atoms. The van der Waals surface area contributed by atoms with Gasteiger partial charge in [0, 0.05) is 24.8 Å². The van der Waals surface area contributed by atoms with Gasteiger partial charge in [-0.15, -0.1) is 0 Å². The number of para-hydroxylation sites is 1. The average molecular weight is 574 g/mol. The predicted octanol–water partition coefficient (Wildman–Crippen LogP) is -3.02. The minimum Gasteiger partial charge on any atom is -0.492 e. The molecule has 1 aromatic heterocycles. The zero-order valence-electron chi connectivity index (χ0n) is 23.2. The summed E-state index contributed by atoms with van der Waals surface area (Å²) in [5, 5.41) is 29.6. The first kappa shape index (κ1) is 27.3. The van der Waals surface area contributed by atoms with Gasteiger partial charge in [0.1, 0.15) is 29.7 Å². The van der Waals surface area contributed by atoms with Gasteiger partial charge in [0.15, 0.2) is 12.0 Å². The second-order valence-corrected chi connectivity index (χ2v) is 11.6. The van der Waals surface area contributed by atoms with Gasteiger partial charge in [-0.25, -0.2) is 15.3 Å². The number of nitrogens with two attached hydrogens (primary N) is 2. The highest BCUT2D eigenvalue weighted by atomic mass is 16.5. The van der Waals surface area contributed by atoms with Crippen LogP contribution in [0.15, 0.2) is 41.5 Å². The minimum atomic E-state index is -1.23. The van der Waals surface area contributed by atoms with Crippen molar-refractivity contribution in [3.63, 3.8) is 0 Å². The van der Waals surface area contributed by atoms with Gasteiger partial charge in [-0.3, -0.25) is 20.3 Å². The summed E-state index contributed by atoms with van der Waals surface area (Å²) >= 11 is 0. The van der Waals surface area contributed by atoms with Crippen LogP contribution < -0.4 is 37.1 Å². The first-order chi connectivity index (χ1) is 20.0. The number of nitrogens with one attached hydrogen (secondary N) is 4. The molecule has 5 heterocycles. The molecule has 1 aromatic carbocycles. The second-order valence-electron chi connectivity index (χ2n) is 11.6. The molecule has 1 fully saturated rings. The van der Waals surface area contributed by atoms with Crippen molar-refractivity contribution in [1.29, 1.82) is 5.26 Å². The molecule has 0 aliphatic carbocycles. The molecule has 0 radical (unpaired) electrons. The molecule has 1 saturated heterocycles. The van der Waals surface area contributed by atoms with Gasteiger partial charge in [0.2, 0.25) is 5.66 Å². The fourth-order valence-corrected chi connectivity index (χ4v) is 6.36. The molecule has 5 atom stereocenters. The van der Waals surface area contributed by atoms with Crippen LogP contribution in [0, 0.1) is 11.3 Å². The molecule has 6 rings (SSSR count). The zero-order chi connectivity index (χ0) is 29.8. The largest absolute Gasteiger partial charge is 0.492 e. The third kappa shape index (κ3) is 4.24. The summed E-state index contributed by atoms with van der Waals surface area (Å²) in [6, 6.07) is 8.47. The number of carbonyl (C=O) groups excluding carboxylic acids is 2. The molecule has 4 aliphatic rings. The number of pyridine rings is 1. The average Bonchev–Trinajstić information content (AvgIpc) is 3.47. The van der Waals surface area contributed by atoms with Gasteiger partial charge in [0.25, 0.3) is 11.8 Å². The first-order valence-corrected chi connectivity index (χ1v) is 13.7. The highest BCUT2D eigenvalue weighted by molar-refractivity contribution is 5.98. The molecule has 2 amide bonds. The van der Waals surface area contributed by atoms with E-state index in [0.29, 0.717) is 23.5 Å². The maximum atomic E-state index is 13.6. The van der Waals surface area contributed by atoms with Crippen molar-refractivity contribution < 1.29 is 24.4 Å². The summed E-state index contributed by atoms with van der Waals surface area (Å²) in [5.41, 5.74) is 13.0. The van der Waals surface area contributed by atoms with Crippen molar-refractivity contribution in [2.75, 3.05) is 19.7 Å². The second kappa shape index (κ2) is 9.88. The lowest BCUT2D eigenvalue weighted by Gasteiger charge is -2.43. The van der Waals surface area contributed by atoms with Crippen molar-refractivity contribution in [1.82, 2.24) is 25.8 Å². The van der Waals surface area contributed by atoms with Crippen LogP contribution in [0.3, 0.4) is 0 Å². The van der Waals surface area contributed by atoms with Gasteiger partial charge < -0.3 is 31.1 Å². The van der Waals surface area contributed by atoms with Gasteiger partial charge in [-0.2, -0.15) is 5.26 Å². The van der Waals surface area contributed by atoms with Crippen molar-refractivity contribution in [3.05, 3.63) is 58.9 Å². The molecule has 14 nitrogen and oxygen atoms in total. The number of amides is 2. The summed E-state index contributed by atoms with van der Waals surface area (Å²) in [4.78, 5) is 39.8. The monoisotopic (exact) mass is 573 g/mol. The normalized spacial score (nSPS) is 28.5. The molecule has 0 bridgehead atoms. The number of ether oxygens (including phenoxy) is 1. The molecule has 2 aromatic rings. The van der Waals surface area contributed by atoms with Gasteiger partial charge in [-0.05, 0) is 30.0 Å². The van der Waals surface area contributed by atoms with Crippen LogP contribution in [0.4, 0.5) is 0 Å². The van der Waals surface area contributed by atoms with Crippen molar-refractivity contribution in [2.24, 2.45) is 16.5 Å². The molecule has 14 heteroatoms. The summed E-state index contributed by atoms with van der Waals surface area (Å²) < 4.78 is 5.93. The Bertz CT molecular complexity index is 1550. The lowest BCUT2D eigenvalue weighted by atomic mass is 9.79. The molecule has 1 spiro atoms. The number of nitriles is 1. The van der Waals surface area contributed by atoms with Gasteiger partial charge >= 0.3 is 5.96 Å². The molecule has 1 unspecified atom stereocenters. The quantitative estimate of drug-likeness (QED) is 0.192. The minimum absolute atomic E-state index is 0.0520. The molecule has 9 N–H and O–H groups in total. The van der Waals surface area contributed by atoms with Crippen molar-refractivity contribution in [3.8, 4) is 11.8 Å². The summed E-state index contributed by atoms with van der Waals surface area (Å²) in [7, 11) is 0. The Labute approximate surface area is 241 Å². The van der Waals surface area contributed by atoms with E-state index in [1.165, 1.54) is 18.3 Å². The third-order valence-corrected chi connectivity index (χ3v) is 8.61. The Morgan fingerprint density at radius 2 is 2.10 bits per heavy atom. The van der Waals surface area contributed by atoms with Crippen molar-refractivity contribution in [2.45, 2.75) is 55.6 Å². The number of guanidine groups is 2. The van der Waals surface area contributed by atoms with E-state index in [-0.39, 0.29) is 42.0 Å². The number of aromatic nitrogens is 1. The topological polar surface area (TPSA) is 218 Å². The van der Waals surface area contributed by atoms with Crippen molar-refractivity contribution >= 4 is 23.7 Å². The summed E-state index contributed by atoms with van der Waals surface area (Å²) in [6.07, 6.45) is 0.994. The summed E-state index contributed by atoms with van der Waals surface area (Å²) in [6.45, 7) is 4.96. The standard InChI is InChI=1S/C28H32N10O4/c1-27(2)8-9-42-20-15(4-3-5-16(20)27)23(40)34-19-13-38-26(31)35-18(21-28(38,22(19)39)37-25(30)36-21)12-33-24(41)17-7-6-14(10-29)11-32-17/h3-7,11,18-19,21-22,39H,8-9,12-13H2,1-2H3,(H2,31,35)(H,33,41)(H,34,40)(H3,30,36,37)/p+1/t18-,19?,21-,22+,28-/m0/s1. The van der Waals surface area contributed by atoms with E-state index in [1.807, 2.05) is 18.2 Å². The highest BCUT2D eigenvalue weighted by Gasteiger charge is 2.68. The smallest absolute Gasteiger partial charge is 0.343 e. The van der Waals surface area contributed by atoms with Crippen LogP contribution in [0.2, 0.25) is 0 Å². The number of fused-ring (bicyclic) bond motifs is 1. The number of aliphatic hydroxyl groups is 1. The van der Waals surface area contributed by atoms with E-state index in [4.69, 9.17) is 21.5 Å². The fraction of sp³-hybridized carbons (Fsp3) is 0.429. The van der Waals surface area contributed by atoms with Crippen LogP contribution in [-0.4, -0.2) is 88.3 Å². The predicted molar refractivity (Wildman–Crippen MR) is 150 cm³/mol. The van der Waals surface area contributed by atoms with Crippen LogP contribution in [0.1, 0.15) is 52.2 Å². The number of rotatable bonds is 5. The van der Waals surface area contributed by atoms with Crippen LogP contribution in [-0.2, 0) is 5.41 Å². The Hall–Kier alpha value is -4.90. The van der Waals surface area contributed by atoms with E-state index >= 15 is 0 Å². The fourth-order valence-electron chi connectivity index (χ4n) is 6.36. The number of benzene rings is 1. The maximum absolute atomic E-state index is 13.6. The molecular weight excluding hydrogens is 540 g/mol. The van der Waals surface area contributed by atoms with Crippen LogP contribution in [0.25, 0.3) is 0 Å². The van der Waals surface area contributed by atoms with Crippen LogP contribution in [0.5, 0.6) is 5.75 Å². The van der Waals surface area contributed by atoms with E-state index in [0.717, 1.165) is 12.0 Å². The van der Waals surface area contributed by atoms with E-state index < -0.39 is 35.8 Å². The number of hydrogen-bond acceptors (Lipinski definition) is 11. The number of hydrogen-bond donors (Lipinski definition) is 7. The Morgan fingerprint density at radius 1 is 1.29 bits per heavy atom.